The number of carbonyl (C=O) groups excluding carboxylic acids is 2. The third-order valence-corrected chi connectivity index (χ3v) is 9.31. The van der Waals surface area contributed by atoms with Crippen molar-refractivity contribution in [2.45, 2.75) is 26.7 Å². The normalized spacial score (nSPS) is 12.2. The summed E-state index contributed by atoms with van der Waals surface area (Å²) >= 11 is 1.45. The molecule has 0 bridgehead atoms. The Morgan fingerprint density at radius 2 is 1.45 bits per heavy atom. The van der Waals surface area contributed by atoms with Crippen molar-refractivity contribution in [2.24, 2.45) is 5.73 Å². The molecular formula is C40H50N4O8S. The molecule has 0 saturated carbocycles. The van der Waals surface area contributed by atoms with Crippen LogP contribution in [0, 0.1) is 13.8 Å². The van der Waals surface area contributed by atoms with Gasteiger partial charge < -0.3 is 44.4 Å². The van der Waals surface area contributed by atoms with Gasteiger partial charge in [-0.1, -0.05) is 36.4 Å². The zero-order valence-corrected chi connectivity index (χ0v) is 31.4. The maximum absolute atomic E-state index is 13.3. The Labute approximate surface area is 315 Å². The highest BCUT2D eigenvalue weighted by Crippen LogP contribution is 2.36. The molecule has 13 heteroatoms. The molecule has 0 unspecified atom stereocenters. The summed E-state index contributed by atoms with van der Waals surface area (Å²) in [4.78, 5) is 33.9. The van der Waals surface area contributed by atoms with Crippen LogP contribution in [0.1, 0.15) is 31.9 Å². The average molecular weight is 747 g/mol. The number of benzene rings is 3. The molecule has 0 radical (unpaired) electrons. The minimum Gasteiger partial charge on any atom is -0.491 e. The molecule has 53 heavy (non-hydrogen) atoms. The number of ether oxygens (including phenoxy) is 6. The fourth-order valence-corrected chi connectivity index (χ4v) is 6.67. The molecule has 0 aliphatic carbocycles. The molecule has 12 nitrogen and oxygen atoms in total. The maximum atomic E-state index is 13.3. The Balaban J connectivity index is 0.979. The predicted octanol–water partition coefficient (Wildman–Crippen LogP) is 5.23. The quantitative estimate of drug-likeness (QED) is 0.0969. The number of carbonyl (C=O) groups is 2. The summed E-state index contributed by atoms with van der Waals surface area (Å²) in [5, 5.41) is 3.51. The molecule has 0 fully saturated rings. The van der Waals surface area contributed by atoms with Crippen LogP contribution in [0.3, 0.4) is 0 Å². The number of anilines is 2. The summed E-state index contributed by atoms with van der Waals surface area (Å²) in [5.74, 6) is 0.529. The number of nitrogens with two attached hydrogens (primary N) is 1. The van der Waals surface area contributed by atoms with Crippen molar-refractivity contribution in [3.8, 4) is 17.0 Å². The van der Waals surface area contributed by atoms with Gasteiger partial charge in [0.1, 0.15) is 12.4 Å². The fourth-order valence-electron chi connectivity index (χ4n) is 5.81. The van der Waals surface area contributed by atoms with Gasteiger partial charge in [-0.2, -0.15) is 0 Å². The van der Waals surface area contributed by atoms with Crippen LogP contribution >= 0.6 is 11.3 Å². The first-order valence-electron chi connectivity index (χ1n) is 18.0. The Morgan fingerprint density at radius 3 is 2.13 bits per heavy atom. The van der Waals surface area contributed by atoms with Crippen molar-refractivity contribution in [2.75, 3.05) is 96.0 Å². The van der Waals surface area contributed by atoms with E-state index in [-0.39, 0.29) is 18.2 Å². The van der Waals surface area contributed by atoms with Crippen molar-refractivity contribution >= 4 is 34.0 Å². The Kier molecular flexibility index (Phi) is 16.2. The Morgan fingerprint density at radius 1 is 0.792 bits per heavy atom. The van der Waals surface area contributed by atoms with E-state index in [1.807, 2.05) is 79.4 Å². The summed E-state index contributed by atoms with van der Waals surface area (Å²) in [6.45, 7) is 10.4. The van der Waals surface area contributed by atoms with Crippen molar-refractivity contribution in [3.05, 3.63) is 93.9 Å². The molecule has 3 aromatic carbocycles. The minimum absolute atomic E-state index is 0.0196. The van der Waals surface area contributed by atoms with Crippen molar-refractivity contribution in [1.29, 1.82) is 0 Å². The van der Waals surface area contributed by atoms with Gasteiger partial charge in [0.15, 0.2) is 5.13 Å². The van der Waals surface area contributed by atoms with Gasteiger partial charge in [0.05, 0.1) is 78.2 Å². The van der Waals surface area contributed by atoms with Crippen LogP contribution in [-0.2, 0) is 41.3 Å². The van der Waals surface area contributed by atoms with E-state index in [0.29, 0.717) is 96.6 Å². The average Bonchev–Trinajstić information content (AvgIpc) is 3.75. The van der Waals surface area contributed by atoms with E-state index < -0.39 is 0 Å². The summed E-state index contributed by atoms with van der Waals surface area (Å²) in [5.41, 5.74) is 11.7. The van der Waals surface area contributed by atoms with Crippen LogP contribution < -0.4 is 20.7 Å². The van der Waals surface area contributed by atoms with E-state index in [0.717, 1.165) is 50.5 Å². The summed E-state index contributed by atoms with van der Waals surface area (Å²) in [6.07, 6.45) is 0.963. The number of amides is 2. The largest absolute Gasteiger partial charge is 0.491 e. The second-order valence-corrected chi connectivity index (χ2v) is 13.6. The number of hydrogen-bond acceptors (Lipinski definition) is 11. The Bertz CT molecular complexity index is 1770. The summed E-state index contributed by atoms with van der Waals surface area (Å²) in [6, 6.07) is 21.3. The third-order valence-electron chi connectivity index (χ3n) is 8.42. The number of fused-ring (bicyclic) bond motifs is 1. The number of nitrogens with one attached hydrogen (secondary N) is 1. The lowest BCUT2D eigenvalue weighted by molar-refractivity contribution is -0.115. The Hall–Kier alpha value is -4.21. The molecule has 2 heterocycles. The van der Waals surface area contributed by atoms with E-state index in [4.69, 9.17) is 39.1 Å². The highest BCUT2D eigenvalue weighted by molar-refractivity contribution is 7.16. The first kappa shape index (κ1) is 40.0. The lowest BCUT2D eigenvalue weighted by atomic mass is 10.0. The molecule has 5 rings (SSSR count). The molecule has 0 spiro atoms. The molecule has 0 atom stereocenters. The second-order valence-electron chi connectivity index (χ2n) is 12.4. The maximum Gasteiger partial charge on any atom is 0.258 e. The van der Waals surface area contributed by atoms with Gasteiger partial charge in [-0.15, -0.1) is 11.3 Å². The van der Waals surface area contributed by atoms with Crippen LogP contribution in [0.4, 0.5) is 10.8 Å². The van der Waals surface area contributed by atoms with E-state index in [1.165, 1.54) is 11.3 Å². The molecule has 1 aromatic heterocycles. The van der Waals surface area contributed by atoms with Gasteiger partial charge in [-0.05, 0) is 67.3 Å². The first-order valence-corrected chi connectivity index (χ1v) is 18.8. The molecule has 2 amide bonds. The van der Waals surface area contributed by atoms with Crippen molar-refractivity contribution in [1.82, 2.24) is 4.98 Å². The van der Waals surface area contributed by atoms with Crippen LogP contribution in [0.2, 0.25) is 0 Å². The zero-order chi connectivity index (χ0) is 37.3. The van der Waals surface area contributed by atoms with Gasteiger partial charge in [0, 0.05) is 34.8 Å². The van der Waals surface area contributed by atoms with Crippen LogP contribution in [0.15, 0.2) is 66.7 Å². The van der Waals surface area contributed by atoms with E-state index in [2.05, 4.69) is 11.4 Å². The van der Waals surface area contributed by atoms with Crippen LogP contribution in [0.25, 0.3) is 11.3 Å². The number of nitrogens with zero attached hydrogens (tertiary/aromatic N) is 2. The number of aromatic nitrogens is 1. The molecule has 1 aliphatic rings. The first-order chi connectivity index (χ1) is 25.9. The predicted molar refractivity (Wildman–Crippen MR) is 206 cm³/mol. The second kappa shape index (κ2) is 21.5. The van der Waals surface area contributed by atoms with Crippen molar-refractivity contribution < 1.29 is 38.0 Å². The number of aryl methyl sites for hydroxylation is 2. The minimum atomic E-state index is -0.159. The van der Waals surface area contributed by atoms with Crippen LogP contribution in [0.5, 0.6) is 5.75 Å². The molecule has 1 aliphatic heterocycles. The van der Waals surface area contributed by atoms with E-state index >= 15 is 0 Å². The number of hydrogen-bond donors (Lipinski definition) is 2. The lowest BCUT2D eigenvalue weighted by Gasteiger charge is -2.18. The zero-order valence-electron chi connectivity index (χ0n) is 30.6. The highest BCUT2D eigenvalue weighted by atomic mass is 32.1. The standard InChI is InChI=1S/C40H50N4O8S/c1-29-6-3-4-9-35(29)39(46)44-14-12-32-28-33(10-11-36(32)44)38-30(2)53-40(43-38)42-37(45)27-31-7-5-8-34(26-31)52-25-24-51-23-22-50-21-20-49-19-18-48-17-16-47-15-13-41/h3-11,26,28H,12-25,27,41H2,1-2H3,(H,42,43,45). The van der Waals surface area contributed by atoms with Gasteiger partial charge in [-0.3, -0.25) is 9.59 Å². The van der Waals surface area contributed by atoms with Gasteiger partial charge in [0.25, 0.3) is 5.91 Å². The van der Waals surface area contributed by atoms with Gasteiger partial charge in [-0.25, -0.2) is 4.98 Å². The molecule has 0 saturated heterocycles. The van der Waals surface area contributed by atoms with E-state index in [1.54, 1.807) is 0 Å². The van der Waals surface area contributed by atoms with Crippen molar-refractivity contribution in [3.63, 3.8) is 0 Å². The molecule has 4 aromatic rings. The molecule has 3 N–H and O–H groups in total. The fraction of sp³-hybridized carbons (Fsp3) is 0.425. The molecular weight excluding hydrogens is 697 g/mol. The van der Waals surface area contributed by atoms with Crippen LogP contribution in [-0.4, -0.2) is 103 Å². The third kappa shape index (κ3) is 12.4. The lowest BCUT2D eigenvalue weighted by Crippen LogP contribution is -2.29. The monoisotopic (exact) mass is 746 g/mol. The van der Waals surface area contributed by atoms with Gasteiger partial charge in [0.2, 0.25) is 5.91 Å². The molecule has 284 valence electrons. The topological polar surface area (TPSA) is 144 Å². The van der Waals surface area contributed by atoms with Gasteiger partial charge >= 0.3 is 0 Å². The SMILES string of the molecule is Cc1ccccc1C(=O)N1CCc2cc(-c3nc(NC(=O)Cc4cccc(OCCOCCOCCOCCOCCOCCN)c4)sc3C)ccc21. The number of rotatable bonds is 23. The smallest absolute Gasteiger partial charge is 0.258 e. The summed E-state index contributed by atoms with van der Waals surface area (Å²) in [7, 11) is 0. The summed E-state index contributed by atoms with van der Waals surface area (Å²) < 4.78 is 33.0. The number of thiazole rings is 1. The van der Waals surface area contributed by atoms with E-state index in [9.17, 15) is 9.59 Å². The highest BCUT2D eigenvalue weighted by Gasteiger charge is 2.27.